The lowest BCUT2D eigenvalue weighted by atomic mass is 10.0. The lowest BCUT2D eigenvalue weighted by Gasteiger charge is -2.37. The molecule has 2 saturated heterocycles. The summed E-state index contributed by atoms with van der Waals surface area (Å²) < 4.78 is 16.9. The van der Waals surface area contributed by atoms with Gasteiger partial charge in [-0.15, -0.1) is 0 Å². The molecule has 12 heteroatoms. The summed E-state index contributed by atoms with van der Waals surface area (Å²) in [5.41, 5.74) is 2.30. The van der Waals surface area contributed by atoms with Crippen LogP contribution in [0.15, 0.2) is 66.7 Å². The number of hydrogen-bond acceptors (Lipinski definition) is 9. The van der Waals surface area contributed by atoms with Gasteiger partial charge in [-0.2, -0.15) is 0 Å². The van der Waals surface area contributed by atoms with Gasteiger partial charge in [0.2, 0.25) is 0 Å². The Labute approximate surface area is 280 Å². The van der Waals surface area contributed by atoms with Gasteiger partial charge in [-0.05, 0) is 73.9 Å². The van der Waals surface area contributed by atoms with Crippen LogP contribution in [0.1, 0.15) is 35.7 Å². The third kappa shape index (κ3) is 9.68. The highest BCUT2D eigenvalue weighted by Crippen LogP contribution is 2.28. The molecule has 0 saturated carbocycles. The lowest BCUT2D eigenvalue weighted by molar-refractivity contribution is -0.145. The number of ether oxygens (including phenoxy) is 3. The smallest absolute Gasteiger partial charge is 0.323 e. The number of hydrogen-bond donors (Lipinski definition) is 2. The fourth-order valence-electron chi connectivity index (χ4n) is 5.78. The highest BCUT2D eigenvalue weighted by atomic mass is 35.5. The van der Waals surface area contributed by atoms with Crippen molar-refractivity contribution in [1.82, 2.24) is 14.7 Å². The number of ketones is 1. The zero-order chi connectivity index (χ0) is 33.2. The molecule has 0 bridgehead atoms. The number of nitrogens with zero attached hydrogens (tertiary/aromatic N) is 3. The van der Waals surface area contributed by atoms with E-state index in [1.54, 1.807) is 54.6 Å². The number of nitrogens with one attached hydrogen (secondary N) is 2. The number of likely N-dealkylation sites (tertiary alicyclic amines) is 1. The molecule has 47 heavy (non-hydrogen) atoms. The average Bonchev–Trinajstić information content (AvgIpc) is 3.50. The number of Topliss-reactive ketones (excluding diaryl/α,β-unsaturated/α-hetero) is 1. The molecule has 2 heterocycles. The van der Waals surface area contributed by atoms with Crippen LogP contribution in [0.5, 0.6) is 11.5 Å². The van der Waals surface area contributed by atoms with E-state index in [0.717, 1.165) is 63.5 Å². The second-order valence-electron chi connectivity index (χ2n) is 11.6. The summed E-state index contributed by atoms with van der Waals surface area (Å²) in [5, 5.41) is 5.91. The normalized spacial score (nSPS) is 17.2. The monoisotopic (exact) mass is 663 g/mol. The van der Waals surface area contributed by atoms with Gasteiger partial charge < -0.3 is 24.8 Å². The van der Waals surface area contributed by atoms with Crippen molar-refractivity contribution in [2.45, 2.75) is 32.4 Å². The third-order valence-corrected chi connectivity index (χ3v) is 8.59. The number of carbonyl (C=O) groups is 3. The van der Waals surface area contributed by atoms with E-state index in [0.29, 0.717) is 40.9 Å². The molecule has 1 atom stereocenters. The summed E-state index contributed by atoms with van der Waals surface area (Å²) >= 11 is 6.13. The van der Waals surface area contributed by atoms with Gasteiger partial charge in [0, 0.05) is 44.7 Å². The Morgan fingerprint density at radius 1 is 0.894 bits per heavy atom. The van der Waals surface area contributed by atoms with E-state index in [2.05, 4.69) is 25.3 Å². The number of halogens is 1. The minimum atomic E-state index is -0.464. The van der Waals surface area contributed by atoms with Crippen LogP contribution in [0.2, 0.25) is 5.02 Å². The fraction of sp³-hybridized carbons (Fsp3) is 0.400. The van der Waals surface area contributed by atoms with E-state index in [1.165, 1.54) is 7.11 Å². The maximum atomic E-state index is 13.1. The van der Waals surface area contributed by atoms with Crippen molar-refractivity contribution in [2.24, 2.45) is 0 Å². The summed E-state index contributed by atoms with van der Waals surface area (Å²) in [6.07, 6.45) is 2.15. The number of benzene rings is 3. The van der Waals surface area contributed by atoms with Gasteiger partial charge in [0.15, 0.2) is 12.0 Å². The van der Waals surface area contributed by atoms with Crippen LogP contribution in [-0.2, 0) is 16.0 Å². The van der Waals surface area contributed by atoms with E-state index in [-0.39, 0.29) is 24.4 Å². The number of carbonyl (C=O) groups excluding carboxylic acids is 3. The molecule has 3 aromatic rings. The number of methoxy groups -OCH3 is 1. The maximum absolute atomic E-state index is 13.1. The van der Waals surface area contributed by atoms with Crippen molar-refractivity contribution < 1.29 is 28.6 Å². The fourth-order valence-corrected chi connectivity index (χ4v) is 5.96. The van der Waals surface area contributed by atoms with Crippen molar-refractivity contribution in [3.05, 3.63) is 82.9 Å². The van der Waals surface area contributed by atoms with Crippen LogP contribution in [0.3, 0.4) is 0 Å². The van der Waals surface area contributed by atoms with Crippen LogP contribution < -0.4 is 20.1 Å². The first kappa shape index (κ1) is 34.2. The van der Waals surface area contributed by atoms with E-state index >= 15 is 0 Å². The highest BCUT2D eigenvalue weighted by molar-refractivity contribution is 6.33. The second kappa shape index (κ2) is 16.6. The maximum Gasteiger partial charge on any atom is 0.323 e. The summed E-state index contributed by atoms with van der Waals surface area (Å²) in [4.78, 5) is 44.4. The summed E-state index contributed by atoms with van der Waals surface area (Å²) in [6, 6.07) is 19.0. The summed E-state index contributed by atoms with van der Waals surface area (Å²) in [7, 11) is 1.51. The zero-order valence-corrected chi connectivity index (χ0v) is 27.6. The molecule has 1 unspecified atom stereocenters. The molecule has 2 N–H and O–H groups in total. The minimum Gasteiger partial charge on any atom is -0.495 e. The van der Waals surface area contributed by atoms with Gasteiger partial charge in [0.25, 0.3) is 0 Å². The summed E-state index contributed by atoms with van der Waals surface area (Å²) in [5.74, 6) is 0.959. The molecule has 0 aliphatic carbocycles. The average molecular weight is 664 g/mol. The van der Waals surface area contributed by atoms with Crippen molar-refractivity contribution in [3.63, 3.8) is 0 Å². The Morgan fingerprint density at radius 3 is 2.34 bits per heavy atom. The van der Waals surface area contributed by atoms with Crippen LogP contribution in [0.25, 0.3) is 0 Å². The van der Waals surface area contributed by atoms with Crippen LogP contribution in [-0.4, -0.2) is 98.4 Å². The van der Waals surface area contributed by atoms with E-state index in [4.69, 9.17) is 25.8 Å². The highest BCUT2D eigenvalue weighted by Gasteiger charge is 2.29. The first-order valence-electron chi connectivity index (χ1n) is 15.9. The molecule has 0 aromatic heterocycles. The predicted octanol–water partition coefficient (Wildman–Crippen LogP) is 5.36. The van der Waals surface area contributed by atoms with Gasteiger partial charge in [-0.1, -0.05) is 29.8 Å². The molecule has 5 rings (SSSR count). The van der Waals surface area contributed by atoms with Gasteiger partial charge >= 0.3 is 12.0 Å². The Kier molecular flexibility index (Phi) is 12.1. The Bertz CT molecular complexity index is 1530. The number of para-hydroxylation sites is 1. The topological polar surface area (TPSA) is 113 Å². The van der Waals surface area contributed by atoms with E-state index < -0.39 is 6.03 Å². The number of anilines is 2. The summed E-state index contributed by atoms with van der Waals surface area (Å²) in [6.45, 7) is 7.82. The largest absolute Gasteiger partial charge is 0.495 e. The molecule has 250 valence electrons. The Hall–Kier alpha value is -4.16. The number of esters is 1. The van der Waals surface area contributed by atoms with E-state index in [9.17, 15) is 14.4 Å². The number of piperazine rings is 1. The number of amides is 2. The molecule has 0 spiro atoms. The Balaban J connectivity index is 1.10. The molecule has 11 nitrogen and oxygen atoms in total. The van der Waals surface area contributed by atoms with Gasteiger partial charge in [-0.3, -0.25) is 24.3 Å². The van der Waals surface area contributed by atoms with Gasteiger partial charge in [-0.25, -0.2) is 4.79 Å². The van der Waals surface area contributed by atoms with Crippen molar-refractivity contribution in [2.75, 3.05) is 70.3 Å². The quantitative estimate of drug-likeness (QED) is 0.184. The van der Waals surface area contributed by atoms with Crippen molar-refractivity contribution in [3.8, 4) is 11.5 Å². The standard InChI is InChI=1S/C35H42ClN5O6/c1-3-46-34(43)23-39-17-19-40(20-18-39)24-41-16-6-9-33(41)47-27-13-11-26(12-14-27)31(42)21-25-10-15-30(32(22-25)45-2)38-35(44)37-29-8-5-4-7-28(29)36/h4-5,7-8,10-15,22,33H,3,6,9,16-21,23-24H2,1-2H3,(H2,37,38,44). The van der Waals surface area contributed by atoms with Crippen LogP contribution >= 0.6 is 11.6 Å². The first-order valence-corrected chi connectivity index (χ1v) is 16.3. The third-order valence-electron chi connectivity index (χ3n) is 8.26. The minimum absolute atomic E-state index is 0.0273. The van der Waals surface area contributed by atoms with Crippen LogP contribution in [0, 0.1) is 0 Å². The molecular weight excluding hydrogens is 622 g/mol. The molecule has 2 aliphatic rings. The van der Waals surface area contributed by atoms with Gasteiger partial charge in [0.05, 0.1) is 43.3 Å². The SMILES string of the molecule is CCOC(=O)CN1CCN(CN2CCCC2Oc2ccc(C(=O)Cc3ccc(NC(=O)Nc4ccccc4Cl)c(OC)c3)cc2)CC1. The van der Waals surface area contributed by atoms with Gasteiger partial charge in [0.1, 0.15) is 11.5 Å². The molecule has 2 aliphatic heterocycles. The second-order valence-corrected chi connectivity index (χ2v) is 12.0. The zero-order valence-electron chi connectivity index (χ0n) is 26.9. The van der Waals surface area contributed by atoms with Crippen LogP contribution in [0.4, 0.5) is 16.2 Å². The first-order chi connectivity index (χ1) is 22.8. The number of rotatable bonds is 13. The molecular formula is C35H42ClN5O6. The molecule has 0 radical (unpaired) electrons. The Morgan fingerprint density at radius 2 is 1.62 bits per heavy atom. The molecule has 2 amide bonds. The number of urea groups is 1. The predicted molar refractivity (Wildman–Crippen MR) is 181 cm³/mol. The van der Waals surface area contributed by atoms with E-state index in [1.807, 2.05) is 19.1 Å². The van der Waals surface area contributed by atoms with Crippen molar-refractivity contribution >= 4 is 40.8 Å². The lowest BCUT2D eigenvalue weighted by Crippen LogP contribution is -2.52. The molecule has 3 aromatic carbocycles. The molecule has 2 fully saturated rings. The van der Waals surface area contributed by atoms with Crippen molar-refractivity contribution in [1.29, 1.82) is 0 Å².